The summed E-state index contributed by atoms with van der Waals surface area (Å²) in [4.78, 5) is 51.0. The summed E-state index contributed by atoms with van der Waals surface area (Å²) in [5, 5.41) is 31.5. The lowest BCUT2D eigenvalue weighted by Crippen LogP contribution is -2.61. The maximum atomic E-state index is 13.1. The number of carboxylic acid groups (broad SMARTS) is 1. The van der Waals surface area contributed by atoms with Crippen molar-refractivity contribution in [3.8, 4) is 0 Å². The number of carbonyl (C=O) groups is 4. The van der Waals surface area contributed by atoms with Gasteiger partial charge in [0, 0.05) is 19.3 Å². The third-order valence-corrected chi connectivity index (χ3v) is 12.7. The summed E-state index contributed by atoms with van der Waals surface area (Å²) in [6.07, 6.45) is 54.0. The number of carboxylic acids is 1. The topological polar surface area (TPSA) is 175 Å². The van der Waals surface area contributed by atoms with Crippen molar-refractivity contribution in [2.24, 2.45) is 0 Å². The van der Waals surface area contributed by atoms with Gasteiger partial charge in [-0.25, -0.2) is 4.79 Å². The SMILES string of the molecule is CC/C=C\C/C=C\C/C=C\C/C=C\CCCCCCC(=O)OC1C(OCC(COC(=O)CCCCCCCCCCCCCCCCC)OC(=O)CC/C=C\C/C=C\C/C=C\C/C=C\CC)OC(C(=O)O)C(O)C1O. The van der Waals surface area contributed by atoms with Crippen molar-refractivity contribution in [2.75, 3.05) is 13.2 Å². The Hall–Kier alpha value is -4.36. The van der Waals surface area contributed by atoms with Gasteiger partial charge in [0.15, 0.2) is 24.6 Å². The van der Waals surface area contributed by atoms with Crippen LogP contribution in [0.1, 0.15) is 226 Å². The molecule has 0 amide bonds. The molecule has 1 aliphatic heterocycles. The van der Waals surface area contributed by atoms with E-state index in [4.69, 9.17) is 23.7 Å². The number of unbranched alkanes of at least 4 members (excludes halogenated alkanes) is 18. The highest BCUT2D eigenvalue weighted by Gasteiger charge is 2.50. The van der Waals surface area contributed by atoms with Crippen LogP contribution in [0.25, 0.3) is 0 Å². The first kappa shape index (κ1) is 68.7. The number of aliphatic carboxylic acids is 1. The minimum atomic E-state index is -1.92. The van der Waals surface area contributed by atoms with Crippen LogP contribution in [-0.4, -0.2) is 89.2 Å². The fraction of sp³-hybridized carbons (Fsp3) is 0.683. The quantitative estimate of drug-likeness (QED) is 0.0228. The molecule has 12 nitrogen and oxygen atoms in total. The molecule has 0 aromatic rings. The number of rotatable bonds is 48. The number of allylic oxidation sites excluding steroid dienone is 16. The van der Waals surface area contributed by atoms with E-state index >= 15 is 0 Å². The lowest BCUT2D eigenvalue weighted by atomic mass is 9.98. The van der Waals surface area contributed by atoms with E-state index in [1.54, 1.807) is 0 Å². The van der Waals surface area contributed by atoms with E-state index in [-0.39, 0.29) is 25.9 Å². The van der Waals surface area contributed by atoms with Gasteiger partial charge in [-0.2, -0.15) is 0 Å². The lowest BCUT2D eigenvalue weighted by molar-refractivity contribution is -0.301. The first-order valence-corrected chi connectivity index (χ1v) is 29.2. The van der Waals surface area contributed by atoms with Crippen LogP contribution >= 0.6 is 0 Å². The molecule has 6 unspecified atom stereocenters. The predicted octanol–water partition coefficient (Wildman–Crippen LogP) is 14.9. The Labute approximate surface area is 453 Å². The third kappa shape index (κ3) is 40.6. The molecular weight excluding hydrogens is 949 g/mol. The summed E-state index contributed by atoms with van der Waals surface area (Å²) in [6, 6.07) is 0. The van der Waals surface area contributed by atoms with Crippen LogP contribution in [0.15, 0.2) is 97.2 Å². The third-order valence-electron chi connectivity index (χ3n) is 12.7. The molecular formula is C63H102O12. The van der Waals surface area contributed by atoms with E-state index in [1.807, 2.05) is 12.2 Å². The van der Waals surface area contributed by atoms with E-state index in [0.717, 1.165) is 89.9 Å². The summed E-state index contributed by atoms with van der Waals surface area (Å²) in [5.41, 5.74) is 0. The molecule has 0 aromatic carbocycles. The number of hydrogen-bond donors (Lipinski definition) is 3. The second kappa shape index (κ2) is 50.5. The minimum Gasteiger partial charge on any atom is -0.479 e. The van der Waals surface area contributed by atoms with E-state index in [9.17, 15) is 34.5 Å². The van der Waals surface area contributed by atoms with Crippen molar-refractivity contribution >= 4 is 23.9 Å². The zero-order valence-corrected chi connectivity index (χ0v) is 46.8. The summed E-state index contributed by atoms with van der Waals surface area (Å²) in [5.74, 6) is -3.26. The molecule has 0 aromatic heterocycles. The Morgan fingerprint density at radius 3 is 1.33 bits per heavy atom. The number of aliphatic hydroxyl groups excluding tert-OH is 2. The minimum absolute atomic E-state index is 0.0210. The second-order valence-corrected chi connectivity index (χ2v) is 19.5. The maximum absolute atomic E-state index is 13.1. The van der Waals surface area contributed by atoms with Crippen LogP contribution < -0.4 is 0 Å². The van der Waals surface area contributed by atoms with E-state index < -0.39 is 67.3 Å². The van der Waals surface area contributed by atoms with E-state index in [0.29, 0.717) is 25.7 Å². The van der Waals surface area contributed by atoms with Crippen molar-refractivity contribution < 1.29 is 58.2 Å². The molecule has 0 radical (unpaired) electrons. The molecule has 0 saturated carbocycles. The standard InChI is InChI=1S/C63H102O12/c1-4-7-10-13-16-19-22-25-27-28-30-33-36-39-42-45-48-51-57(66)74-61-59(68)58(67)60(62(69)70)75-63(61)72-53-54(73-56(65)50-47-44-41-38-35-31-24-21-18-15-12-9-6-3)52-71-55(64)49-46-43-40-37-34-32-29-26-23-20-17-14-11-8-5-2/h7,9-10,12,16,18-19,21,25,27,30-31,33,35,41,44,54,58-61,63,67-68H,4-6,8,11,13-15,17,20,22-24,26,28-29,32,34,36-40,42-43,45-53H2,1-3H3,(H,69,70)/b10-7-,12-9-,19-16-,21-18-,27-25-,33-30-,35-31-,44-41-. The Morgan fingerprint density at radius 1 is 0.453 bits per heavy atom. The molecule has 1 aliphatic rings. The molecule has 75 heavy (non-hydrogen) atoms. The van der Waals surface area contributed by atoms with Gasteiger partial charge in [0.05, 0.1) is 6.61 Å². The fourth-order valence-electron chi connectivity index (χ4n) is 8.25. The second-order valence-electron chi connectivity index (χ2n) is 19.5. The number of hydrogen-bond acceptors (Lipinski definition) is 11. The molecule has 0 bridgehead atoms. The van der Waals surface area contributed by atoms with Crippen molar-refractivity contribution in [3.63, 3.8) is 0 Å². The molecule has 1 fully saturated rings. The Bertz CT molecular complexity index is 1670. The number of esters is 3. The molecule has 0 spiro atoms. The van der Waals surface area contributed by atoms with E-state index in [2.05, 4.69) is 106 Å². The number of aliphatic hydroxyl groups is 2. The lowest BCUT2D eigenvalue weighted by Gasteiger charge is -2.40. The normalized spacial score (nSPS) is 18.9. The first-order valence-electron chi connectivity index (χ1n) is 29.2. The van der Waals surface area contributed by atoms with Gasteiger partial charge in [0.1, 0.15) is 18.8 Å². The smallest absolute Gasteiger partial charge is 0.335 e. The maximum Gasteiger partial charge on any atom is 0.335 e. The largest absolute Gasteiger partial charge is 0.479 e. The number of carbonyl (C=O) groups excluding carboxylic acids is 3. The Morgan fingerprint density at radius 2 is 0.867 bits per heavy atom. The highest BCUT2D eigenvalue weighted by molar-refractivity contribution is 5.74. The van der Waals surface area contributed by atoms with Gasteiger partial charge in [-0.1, -0.05) is 221 Å². The summed E-state index contributed by atoms with van der Waals surface area (Å²) >= 11 is 0. The number of ether oxygens (including phenoxy) is 5. The van der Waals surface area contributed by atoms with Gasteiger partial charge in [-0.05, 0) is 83.5 Å². The van der Waals surface area contributed by atoms with Gasteiger partial charge in [-0.15, -0.1) is 0 Å². The van der Waals surface area contributed by atoms with Crippen LogP contribution in [0.3, 0.4) is 0 Å². The highest BCUT2D eigenvalue weighted by Crippen LogP contribution is 2.26. The predicted molar refractivity (Wildman–Crippen MR) is 303 cm³/mol. The molecule has 1 saturated heterocycles. The van der Waals surface area contributed by atoms with Crippen LogP contribution in [0, 0.1) is 0 Å². The average Bonchev–Trinajstić information content (AvgIpc) is 3.39. The summed E-state index contributed by atoms with van der Waals surface area (Å²) < 4.78 is 28.3. The Balaban J connectivity index is 2.74. The molecule has 1 heterocycles. The Kier molecular flexibility index (Phi) is 46.2. The molecule has 426 valence electrons. The first-order chi connectivity index (χ1) is 36.6. The van der Waals surface area contributed by atoms with Crippen molar-refractivity contribution in [3.05, 3.63) is 97.2 Å². The molecule has 12 heteroatoms. The van der Waals surface area contributed by atoms with Gasteiger partial charge in [0.2, 0.25) is 0 Å². The molecule has 6 atom stereocenters. The van der Waals surface area contributed by atoms with Crippen molar-refractivity contribution in [1.29, 1.82) is 0 Å². The highest BCUT2D eigenvalue weighted by atomic mass is 16.7. The average molecular weight is 1050 g/mol. The van der Waals surface area contributed by atoms with Gasteiger partial charge >= 0.3 is 23.9 Å². The monoisotopic (exact) mass is 1050 g/mol. The molecule has 0 aliphatic carbocycles. The van der Waals surface area contributed by atoms with Gasteiger partial charge < -0.3 is 39.0 Å². The molecule has 3 N–H and O–H groups in total. The van der Waals surface area contributed by atoms with Crippen LogP contribution in [0.4, 0.5) is 0 Å². The zero-order chi connectivity index (χ0) is 54.7. The summed E-state index contributed by atoms with van der Waals surface area (Å²) in [7, 11) is 0. The van der Waals surface area contributed by atoms with Gasteiger partial charge in [-0.3, -0.25) is 14.4 Å². The molecule has 1 rings (SSSR count). The van der Waals surface area contributed by atoms with Crippen LogP contribution in [-0.2, 0) is 42.9 Å². The van der Waals surface area contributed by atoms with Gasteiger partial charge in [0.25, 0.3) is 0 Å². The fourth-order valence-corrected chi connectivity index (χ4v) is 8.25. The van der Waals surface area contributed by atoms with E-state index in [1.165, 1.54) is 70.6 Å². The van der Waals surface area contributed by atoms with Crippen LogP contribution in [0.5, 0.6) is 0 Å². The van der Waals surface area contributed by atoms with Crippen LogP contribution in [0.2, 0.25) is 0 Å². The zero-order valence-electron chi connectivity index (χ0n) is 46.8. The van der Waals surface area contributed by atoms with Crippen molar-refractivity contribution in [2.45, 2.75) is 263 Å². The summed E-state index contributed by atoms with van der Waals surface area (Å²) in [6.45, 7) is 5.69. The van der Waals surface area contributed by atoms with Crippen molar-refractivity contribution in [1.82, 2.24) is 0 Å².